The van der Waals surface area contributed by atoms with Crippen LogP contribution in [-0.2, 0) is 6.61 Å². The van der Waals surface area contributed by atoms with Crippen molar-refractivity contribution in [3.05, 3.63) is 120 Å². The number of amides is 1. The first kappa shape index (κ1) is 20.4. The Morgan fingerprint density at radius 1 is 0.818 bits per heavy atom. The van der Waals surface area contributed by atoms with Gasteiger partial charge in [0.1, 0.15) is 18.1 Å². The number of nitrogens with one attached hydrogen (secondary N) is 1. The van der Waals surface area contributed by atoms with Crippen molar-refractivity contribution in [2.24, 2.45) is 5.10 Å². The summed E-state index contributed by atoms with van der Waals surface area (Å²) < 4.78 is 6.11. The maximum Gasteiger partial charge on any atom is 0.289 e. The highest BCUT2D eigenvalue weighted by Crippen LogP contribution is 2.27. The lowest BCUT2D eigenvalue weighted by molar-refractivity contribution is 0.0950. The topological polar surface area (TPSA) is 63.6 Å². The summed E-state index contributed by atoms with van der Waals surface area (Å²) in [5.41, 5.74) is 5.54. The van der Waals surface area contributed by atoms with E-state index in [1.54, 1.807) is 12.3 Å². The van der Waals surface area contributed by atoms with Gasteiger partial charge in [-0.1, -0.05) is 84.9 Å². The van der Waals surface area contributed by atoms with E-state index < -0.39 is 0 Å². The Bertz CT molecular complexity index is 1460. The molecule has 33 heavy (non-hydrogen) atoms. The largest absolute Gasteiger partial charge is 0.488 e. The number of hydrazone groups is 1. The van der Waals surface area contributed by atoms with Gasteiger partial charge < -0.3 is 4.74 Å². The van der Waals surface area contributed by atoms with Gasteiger partial charge in [-0.3, -0.25) is 4.79 Å². The van der Waals surface area contributed by atoms with E-state index in [9.17, 15) is 4.79 Å². The summed E-state index contributed by atoms with van der Waals surface area (Å²) in [6, 6.07) is 33.2. The molecule has 5 nitrogen and oxygen atoms in total. The van der Waals surface area contributed by atoms with Gasteiger partial charge in [-0.2, -0.15) is 5.10 Å². The number of fused-ring (bicyclic) bond motifs is 2. The lowest BCUT2D eigenvalue weighted by Gasteiger charge is -2.12. The molecule has 5 aromatic rings. The zero-order chi connectivity index (χ0) is 22.5. The second kappa shape index (κ2) is 9.32. The van der Waals surface area contributed by atoms with Crippen molar-refractivity contribution in [1.82, 2.24) is 10.4 Å². The Kier molecular flexibility index (Phi) is 5.76. The number of para-hydroxylation sites is 1. The van der Waals surface area contributed by atoms with Crippen molar-refractivity contribution < 1.29 is 9.53 Å². The number of hydrogen-bond acceptors (Lipinski definition) is 4. The maximum atomic E-state index is 12.6. The van der Waals surface area contributed by atoms with Gasteiger partial charge in [0, 0.05) is 10.9 Å². The quantitative estimate of drug-likeness (QED) is 0.276. The van der Waals surface area contributed by atoms with Crippen LogP contribution in [-0.4, -0.2) is 17.1 Å². The highest BCUT2D eigenvalue weighted by molar-refractivity contribution is 6.03. The van der Waals surface area contributed by atoms with E-state index in [1.807, 2.05) is 97.1 Å². The molecule has 5 rings (SSSR count). The Hall–Kier alpha value is -4.51. The Morgan fingerprint density at radius 2 is 1.55 bits per heavy atom. The van der Waals surface area contributed by atoms with E-state index >= 15 is 0 Å². The number of benzene rings is 4. The number of aromatic nitrogens is 1. The second-order valence-corrected chi connectivity index (χ2v) is 7.56. The molecule has 0 saturated carbocycles. The molecule has 0 aliphatic carbocycles. The first-order chi connectivity index (χ1) is 16.3. The van der Waals surface area contributed by atoms with Gasteiger partial charge in [0.05, 0.1) is 11.7 Å². The highest BCUT2D eigenvalue weighted by atomic mass is 16.5. The summed E-state index contributed by atoms with van der Waals surface area (Å²) in [5.74, 6) is 0.323. The lowest BCUT2D eigenvalue weighted by Crippen LogP contribution is -2.19. The summed E-state index contributed by atoms with van der Waals surface area (Å²) in [4.78, 5) is 17.0. The average molecular weight is 431 g/mol. The van der Waals surface area contributed by atoms with Crippen LogP contribution in [0.2, 0.25) is 0 Å². The van der Waals surface area contributed by atoms with Crippen LogP contribution in [0.25, 0.3) is 21.7 Å². The van der Waals surface area contributed by atoms with E-state index in [4.69, 9.17) is 4.74 Å². The summed E-state index contributed by atoms with van der Waals surface area (Å²) in [6.07, 6.45) is 1.63. The number of nitrogens with zero attached hydrogens (tertiary/aromatic N) is 2. The zero-order valence-corrected chi connectivity index (χ0v) is 17.8. The fourth-order valence-corrected chi connectivity index (χ4v) is 3.68. The van der Waals surface area contributed by atoms with Crippen molar-refractivity contribution in [3.63, 3.8) is 0 Å². The molecule has 0 unspecified atom stereocenters. The third-order valence-corrected chi connectivity index (χ3v) is 5.36. The van der Waals surface area contributed by atoms with E-state index in [0.717, 1.165) is 32.8 Å². The number of rotatable bonds is 6. The van der Waals surface area contributed by atoms with Crippen molar-refractivity contribution in [2.75, 3.05) is 0 Å². The van der Waals surface area contributed by atoms with Gasteiger partial charge in [0.15, 0.2) is 0 Å². The molecular formula is C28H21N3O2. The second-order valence-electron chi connectivity index (χ2n) is 7.56. The molecule has 0 saturated heterocycles. The Balaban J connectivity index is 1.39. The van der Waals surface area contributed by atoms with Crippen LogP contribution in [0.4, 0.5) is 0 Å². The number of ether oxygens (including phenoxy) is 1. The van der Waals surface area contributed by atoms with Crippen molar-refractivity contribution in [3.8, 4) is 5.75 Å². The fourth-order valence-electron chi connectivity index (χ4n) is 3.68. The maximum absolute atomic E-state index is 12.6. The summed E-state index contributed by atoms with van der Waals surface area (Å²) >= 11 is 0. The van der Waals surface area contributed by atoms with Crippen LogP contribution in [0.1, 0.15) is 21.6 Å². The third kappa shape index (κ3) is 4.57. The predicted octanol–water partition coefficient (Wildman–Crippen LogP) is 5.73. The fraction of sp³-hybridized carbons (Fsp3) is 0.0357. The molecule has 160 valence electrons. The van der Waals surface area contributed by atoms with Gasteiger partial charge in [-0.05, 0) is 34.5 Å². The molecule has 1 amide bonds. The molecule has 0 aliphatic heterocycles. The van der Waals surface area contributed by atoms with Crippen LogP contribution < -0.4 is 10.2 Å². The molecule has 0 radical (unpaired) electrons. The molecule has 1 N–H and O–H groups in total. The monoisotopic (exact) mass is 431 g/mol. The molecule has 0 fully saturated rings. The van der Waals surface area contributed by atoms with Gasteiger partial charge in [0.2, 0.25) is 0 Å². The third-order valence-electron chi connectivity index (χ3n) is 5.36. The first-order valence-electron chi connectivity index (χ1n) is 10.7. The molecule has 0 bridgehead atoms. The van der Waals surface area contributed by atoms with Crippen LogP contribution in [0.3, 0.4) is 0 Å². The number of hydrogen-bond donors (Lipinski definition) is 1. The van der Waals surface area contributed by atoms with Crippen molar-refractivity contribution in [1.29, 1.82) is 0 Å². The molecule has 0 aliphatic rings. The van der Waals surface area contributed by atoms with Crippen LogP contribution in [0.15, 0.2) is 108 Å². The standard InChI is InChI=1S/C28H21N3O2/c32-28(26-16-14-22-11-5-7-13-25(22)30-26)31-29-18-24-23-12-6-4-10-21(23)15-17-27(24)33-19-20-8-2-1-3-9-20/h1-18H,19H2,(H,31,32)/b29-18+. The van der Waals surface area contributed by atoms with E-state index in [0.29, 0.717) is 18.1 Å². The summed E-state index contributed by atoms with van der Waals surface area (Å²) in [5, 5.41) is 7.25. The smallest absolute Gasteiger partial charge is 0.289 e. The van der Waals surface area contributed by atoms with Crippen LogP contribution >= 0.6 is 0 Å². The highest BCUT2D eigenvalue weighted by Gasteiger charge is 2.10. The van der Waals surface area contributed by atoms with Gasteiger partial charge in [-0.15, -0.1) is 0 Å². The van der Waals surface area contributed by atoms with Gasteiger partial charge in [0.25, 0.3) is 5.91 Å². The Morgan fingerprint density at radius 3 is 2.42 bits per heavy atom. The molecule has 1 heterocycles. The first-order valence-corrected chi connectivity index (χ1v) is 10.7. The minimum Gasteiger partial charge on any atom is -0.488 e. The minimum atomic E-state index is -0.371. The van der Waals surface area contributed by atoms with Gasteiger partial charge in [-0.25, -0.2) is 10.4 Å². The number of carbonyl (C=O) groups excluding carboxylic acids is 1. The van der Waals surface area contributed by atoms with Crippen molar-refractivity contribution in [2.45, 2.75) is 6.61 Å². The molecule has 1 aromatic heterocycles. The Labute approximate surface area is 191 Å². The molecule has 0 spiro atoms. The summed E-state index contributed by atoms with van der Waals surface area (Å²) in [6.45, 7) is 0.438. The number of pyridine rings is 1. The van der Waals surface area contributed by atoms with Crippen molar-refractivity contribution >= 4 is 33.8 Å². The van der Waals surface area contributed by atoms with E-state index in [2.05, 4.69) is 15.5 Å². The normalized spacial score (nSPS) is 11.2. The SMILES string of the molecule is O=C(N/N=C/c1c(OCc2ccccc2)ccc2ccccc12)c1ccc2ccccc2n1. The van der Waals surface area contributed by atoms with Gasteiger partial charge >= 0.3 is 0 Å². The average Bonchev–Trinajstić information content (AvgIpc) is 2.88. The van der Waals surface area contributed by atoms with E-state index in [1.165, 1.54) is 0 Å². The van der Waals surface area contributed by atoms with Crippen LogP contribution in [0.5, 0.6) is 5.75 Å². The number of carbonyl (C=O) groups is 1. The predicted molar refractivity (Wildman–Crippen MR) is 132 cm³/mol. The van der Waals surface area contributed by atoms with E-state index in [-0.39, 0.29) is 5.91 Å². The lowest BCUT2D eigenvalue weighted by atomic mass is 10.0. The zero-order valence-electron chi connectivity index (χ0n) is 17.8. The molecular weight excluding hydrogens is 410 g/mol. The molecule has 0 atom stereocenters. The van der Waals surface area contributed by atoms with Crippen LogP contribution in [0, 0.1) is 0 Å². The summed E-state index contributed by atoms with van der Waals surface area (Å²) in [7, 11) is 0. The molecule has 5 heteroatoms. The minimum absolute atomic E-state index is 0.310. The molecule has 4 aromatic carbocycles.